The van der Waals surface area contributed by atoms with Gasteiger partial charge in [0.1, 0.15) is 0 Å². The fourth-order valence-electron chi connectivity index (χ4n) is 3.43. The van der Waals surface area contributed by atoms with Crippen molar-refractivity contribution < 1.29 is 0 Å². The average molecular weight is 339 g/mol. The molecule has 0 aromatic heterocycles. The molecule has 1 N–H and O–H groups in total. The standard InChI is InChI=1S/C17H27BrN2/c1-14-7-6-10-17(11-14,20(2)3)13-19-12-15-8-4-5-9-16(15)18/h4-5,8-9,14,19H,6-7,10-13H2,1-3H3. The topological polar surface area (TPSA) is 15.3 Å². The molecule has 2 nitrogen and oxygen atoms in total. The Labute approximate surface area is 132 Å². The van der Waals surface area contributed by atoms with Crippen LogP contribution < -0.4 is 5.32 Å². The summed E-state index contributed by atoms with van der Waals surface area (Å²) >= 11 is 3.62. The Balaban J connectivity index is 1.95. The van der Waals surface area contributed by atoms with Crippen molar-refractivity contribution in [2.75, 3.05) is 20.6 Å². The van der Waals surface area contributed by atoms with Crippen LogP contribution in [-0.2, 0) is 6.54 Å². The summed E-state index contributed by atoms with van der Waals surface area (Å²) < 4.78 is 1.20. The van der Waals surface area contributed by atoms with E-state index in [1.165, 1.54) is 35.7 Å². The maximum atomic E-state index is 3.68. The Bertz CT molecular complexity index is 433. The second-order valence-corrected chi connectivity index (χ2v) is 7.37. The van der Waals surface area contributed by atoms with E-state index in [-0.39, 0.29) is 0 Å². The van der Waals surface area contributed by atoms with Gasteiger partial charge in [0.2, 0.25) is 0 Å². The molecule has 3 heteroatoms. The minimum Gasteiger partial charge on any atom is -0.311 e. The molecule has 1 saturated carbocycles. The zero-order chi connectivity index (χ0) is 14.6. The molecular formula is C17H27BrN2. The minimum absolute atomic E-state index is 0.332. The predicted octanol–water partition coefficient (Wildman–Crippen LogP) is 4.05. The van der Waals surface area contributed by atoms with Crippen molar-refractivity contribution in [3.05, 3.63) is 34.3 Å². The van der Waals surface area contributed by atoms with Crippen molar-refractivity contribution in [2.45, 2.75) is 44.7 Å². The van der Waals surface area contributed by atoms with E-state index in [0.717, 1.165) is 19.0 Å². The molecule has 1 fully saturated rings. The first-order chi connectivity index (χ1) is 9.53. The molecule has 0 saturated heterocycles. The lowest BCUT2D eigenvalue weighted by molar-refractivity contribution is 0.0749. The molecule has 20 heavy (non-hydrogen) atoms. The summed E-state index contributed by atoms with van der Waals surface area (Å²) in [5.41, 5.74) is 1.67. The second-order valence-electron chi connectivity index (χ2n) is 6.52. The molecule has 0 amide bonds. The van der Waals surface area contributed by atoms with E-state index >= 15 is 0 Å². The van der Waals surface area contributed by atoms with Gasteiger partial charge in [-0.15, -0.1) is 0 Å². The number of halogens is 1. The third-order valence-electron chi connectivity index (χ3n) is 4.74. The SMILES string of the molecule is CC1CCCC(CNCc2ccccc2Br)(N(C)C)C1. The van der Waals surface area contributed by atoms with Crippen LogP contribution in [0.5, 0.6) is 0 Å². The van der Waals surface area contributed by atoms with E-state index in [1.807, 2.05) is 0 Å². The number of benzene rings is 1. The van der Waals surface area contributed by atoms with Gasteiger partial charge in [0.25, 0.3) is 0 Å². The highest BCUT2D eigenvalue weighted by Crippen LogP contribution is 2.35. The van der Waals surface area contributed by atoms with Gasteiger partial charge in [0, 0.05) is 23.1 Å². The molecule has 2 rings (SSSR count). The van der Waals surface area contributed by atoms with Gasteiger partial charge in [0.05, 0.1) is 0 Å². The van der Waals surface area contributed by atoms with Gasteiger partial charge in [-0.3, -0.25) is 0 Å². The molecule has 0 heterocycles. The Kier molecular flexibility index (Phi) is 5.65. The van der Waals surface area contributed by atoms with Crippen LogP contribution in [0.15, 0.2) is 28.7 Å². The maximum Gasteiger partial charge on any atom is 0.0330 e. The maximum absolute atomic E-state index is 3.68. The van der Waals surface area contributed by atoms with Crippen molar-refractivity contribution >= 4 is 15.9 Å². The fraction of sp³-hybridized carbons (Fsp3) is 0.647. The molecule has 0 spiro atoms. The average Bonchev–Trinajstić information content (AvgIpc) is 2.41. The summed E-state index contributed by atoms with van der Waals surface area (Å²) in [6.07, 6.45) is 5.37. The number of nitrogens with one attached hydrogen (secondary N) is 1. The highest BCUT2D eigenvalue weighted by Gasteiger charge is 2.36. The molecule has 0 aliphatic heterocycles. The third kappa shape index (κ3) is 3.84. The summed E-state index contributed by atoms with van der Waals surface area (Å²) in [4.78, 5) is 2.44. The van der Waals surface area contributed by atoms with Gasteiger partial charge in [-0.25, -0.2) is 0 Å². The quantitative estimate of drug-likeness (QED) is 0.871. The number of nitrogens with zero attached hydrogens (tertiary/aromatic N) is 1. The fourth-order valence-corrected chi connectivity index (χ4v) is 3.85. The van der Waals surface area contributed by atoms with Crippen molar-refractivity contribution in [3.8, 4) is 0 Å². The van der Waals surface area contributed by atoms with Gasteiger partial charge in [0.15, 0.2) is 0 Å². The number of rotatable bonds is 5. The Hall–Kier alpha value is -0.380. The smallest absolute Gasteiger partial charge is 0.0330 e. The van der Waals surface area contributed by atoms with E-state index in [4.69, 9.17) is 0 Å². The Morgan fingerprint density at radius 2 is 2.10 bits per heavy atom. The van der Waals surface area contributed by atoms with Crippen molar-refractivity contribution in [1.29, 1.82) is 0 Å². The molecule has 1 aromatic carbocycles. The van der Waals surface area contributed by atoms with E-state index in [2.05, 4.69) is 71.4 Å². The molecule has 1 aliphatic rings. The number of hydrogen-bond donors (Lipinski definition) is 1. The first-order valence-electron chi connectivity index (χ1n) is 7.65. The van der Waals surface area contributed by atoms with Crippen LogP contribution in [0.2, 0.25) is 0 Å². The lowest BCUT2D eigenvalue weighted by Crippen LogP contribution is -2.54. The lowest BCUT2D eigenvalue weighted by atomic mass is 9.75. The summed E-state index contributed by atoms with van der Waals surface area (Å²) in [5.74, 6) is 0.844. The normalized spacial score (nSPS) is 26.9. The van der Waals surface area contributed by atoms with Crippen LogP contribution in [0.25, 0.3) is 0 Å². The monoisotopic (exact) mass is 338 g/mol. The van der Waals surface area contributed by atoms with E-state index in [0.29, 0.717) is 5.54 Å². The highest BCUT2D eigenvalue weighted by molar-refractivity contribution is 9.10. The highest BCUT2D eigenvalue weighted by atomic mass is 79.9. The summed E-state index contributed by atoms with van der Waals surface area (Å²) in [6.45, 7) is 4.41. The van der Waals surface area contributed by atoms with Crippen LogP contribution in [0, 0.1) is 5.92 Å². The summed E-state index contributed by atoms with van der Waals surface area (Å²) in [5, 5.41) is 3.68. The molecule has 0 bridgehead atoms. The second kappa shape index (κ2) is 7.06. The third-order valence-corrected chi connectivity index (χ3v) is 5.52. The lowest BCUT2D eigenvalue weighted by Gasteiger charge is -2.45. The predicted molar refractivity (Wildman–Crippen MR) is 89.9 cm³/mol. The van der Waals surface area contributed by atoms with Gasteiger partial charge < -0.3 is 10.2 Å². The molecule has 1 aromatic rings. The van der Waals surface area contributed by atoms with Crippen LogP contribution in [0.4, 0.5) is 0 Å². The van der Waals surface area contributed by atoms with E-state index in [9.17, 15) is 0 Å². The van der Waals surface area contributed by atoms with E-state index in [1.54, 1.807) is 0 Å². The van der Waals surface area contributed by atoms with Gasteiger partial charge in [-0.2, -0.15) is 0 Å². The molecule has 2 atom stereocenters. The van der Waals surface area contributed by atoms with Crippen molar-refractivity contribution in [2.24, 2.45) is 5.92 Å². The molecule has 112 valence electrons. The van der Waals surface area contributed by atoms with Gasteiger partial charge >= 0.3 is 0 Å². The number of likely N-dealkylation sites (N-methyl/N-ethyl adjacent to an activating group) is 1. The Morgan fingerprint density at radius 3 is 2.75 bits per heavy atom. The summed E-state index contributed by atoms with van der Waals surface area (Å²) in [7, 11) is 4.47. The van der Waals surface area contributed by atoms with Crippen LogP contribution in [0.1, 0.15) is 38.2 Å². The van der Waals surface area contributed by atoms with Gasteiger partial charge in [-0.05, 0) is 44.5 Å². The molecule has 2 unspecified atom stereocenters. The number of hydrogen-bond acceptors (Lipinski definition) is 2. The van der Waals surface area contributed by atoms with Gasteiger partial charge in [-0.1, -0.05) is 53.9 Å². The first-order valence-corrected chi connectivity index (χ1v) is 8.44. The molecule has 0 radical (unpaired) electrons. The zero-order valence-corrected chi connectivity index (χ0v) is 14.5. The minimum atomic E-state index is 0.332. The Morgan fingerprint density at radius 1 is 1.35 bits per heavy atom. The van der Waals surface area contributed by atoms with Crippen LogP contribution in [-0.4, -0.2) is 31.1 Å². The van der Waals surface area contributed by atoms with Crippen molar-refractivity contribution in [1.82, 2.24) is 10.2 Å². The van der Waals surface area contributed by atoms with Crippen molar-refractivity contribution in [3.63, 3.8) is 0 Å². The van der Waals surface area contributed by atoms with Crippen LogP contribution >= 0.6 is 15.9 Å². The zero-order valence-electron chi connectivity index (χ0n) is 13.0. The molecule has 1 aliphatic carbocycles. The molecular weight excluding hydrogens is 312 g/mol. The van der Waals surface area contributed by atoms with Crippen LogP contribution in [0.3, 0.4) is 0 Å². The van der Waals surface area contributed by atoms with E-state index < -0.39 is 0 Å². The first kappa shape index (κ1) is 16.0. The summed E-state index contributed by atoms with van der Waals surface area (Å²) in [6, 6.07) is 8.47. The largest absolute Gasteiger partial charge is 0.311 e.